The Morgan fingerprint density at radius 3 is 2.50 bits per heavy atom. The van der Waals surface area contributed by atoms with Crippen LogP contribution >= 0.6 is 0 Å². The number of halogens is 3. The van der Waals surface area contributed by atoms with Crippen LogP contribution in [0, 0.1) is 0 Å². The normalized spacial score (nSPS) is 16.7. The van der Waals surface area contributed by atoms with Crippen molar-refractivity contribution in [3.63, 3.8) is 0 Å². The second-order valence-corrected chi connectivity index (χ2v) is 3.98. The zero-order valence-corrected chi connectivity index (χ0v) is 9.54. The Balaban J connectivity index is 2.22. The quantitative estimate of drug-likeness (QED) is 0.763. The number of benzene rings is 1. The molecule has 1 aromatic rings. The van der Waals surface area contributed by atoms with Crippen LogP contribution in [0.4, 0.5) is 18.9 Å². The SMILES string of the molecule is O=C(c1cccc(N2CCOCC2)c1)C(F)(F)F. The van der Waals surface area contributed by atoms with Crippen molar-refractivity contribution in [2.24, 2.45) is 0 Å². The summed E-state index contributed by atoms with van der Waals surface area (Å²) in [6, 6.07) is 5.61. The summed E-state index contributed by atoms with van der Waals surface area (Å²) < 4.78 is 42.1. The molecule has 0 aromatic heterocycles. The largest absolute Gasteiger partial charge is 0.454 e. The van der Waals surface area contributed by atoms with E-state index in [-0.39, 0.29) is 5.56 Å². The van der Waals surface area contributed by atoms with E-state index in [1.165, 1.54) is 18.2 Å². The minimum absolute atomic E-state index is 0.327. The first-order valence-electron chi connectivity index (χ1n) is 5.53. The van der Waals surface area contributed by atoms with Gasteiger partial charge in [0, 0.05) is 24.3 Å². The van der Waals surface area contributed by atoms with Gasteiger partial charge in [0.1, 0.15) is 0 Å². The van der Waals surface area contributed by atoms with Crippen LogP contribution in [0.25, 0.3) is 0 Å². The fraction of sp³-hybridized carbons (Fsp3) is 0.417. The van der Waals surface area contributed by atoms with E-state index in [1.807, 2.05) is 4.90 Å². The molecule has 98 valence electrons. The molecule has 1 fully saturated rings. The van der Waals surface area contributed by atoms with Crippen molar-refractivity contribution in [1.82, 2.24) is 0 Å². The van der Waals surface area contributed by atoms with E-state index in [0.29, 0.717) is 32.0 Å². The van der Waals surface area contributed by atoms with E-state index >= 15 is 0 Å². The summed E-state index contributed by atoms with van der Waals surface area (Å²) >= 11 is 0. The van der Waals surface area contributed by atoms with Crippen LogP contribution in [0.1, 0.15) is 10.4 Å². The van der Waals surface area contributed by atoms with Gasteiger partial charge in [-0.3, -0.25) is 4.79 Å². The Labute approximate surface area is 102 Å². The Morgan fingerprint density at radius 2 is 1.89 bits per heavy atom. The van der Waals surface area contributed by atoms with E-state index in [9.17, 15) is 18.0 Å². The maximum absolute atomic E-state index is 12.3. The van der Waals surface area contributed by atoms with Crippen molar-refractivity contribution in [3.05, 3.63) is 29.8 Å². The average Bonchev–Trinajstić information content (AvgIpc) is 2.38. The number of morpholine rings is 1. The number of carbonyl (C=O) groups is 1. The lowest BCUT2D eigenvalue weighted by Gasteiger charge is -2.29. The molecule has 1 aromatic carbocycles. The summed E-state index contributed by atoms with van der Waals surface area (Å²) in [5.74, 6) is -1.81. The van der Waals surface area contributed by atoms with Gasteiger partial charge in [-0.2, -0.15) is 13.2 Å². The highest BCUT2D eigenvalue weighted by molar-refractivity contribution is 6.00. The molecule has 0 atom stereocenters. The number of alkyl halides is 3. The molecule has 18 heavy (non-hydrogen) atoms. The van der Waals surface area contributed by atoms with Gasteiger partial charge in [0.05, 0.1) is 13.2 Å². The highest BCUT2D eigenvalue weighted by atomic mass is 19.4. The van der Waals surface area contributed by atoms with Crippen molar-refractivity contribution < 1.29 is 22.7 Å². The number of ketones is 1. The Kier molecular flexibility index (Phi) is 3.56. The van der Waals surface area contributed by atoms with Crippen LogP contribution in [-0.4, -0.2) is 38.3 Å². The molecule has 6 heteroatoms. The lowest BCUT2D eigenvalue weighted by molar-refractivity contribution is -0.0885. The molecule has 3 nitrogen and oxygen atoms in total. The maximum Gasteiger partial charge on any atom is 0.454 e. The van der Waals surface area contributed by atoms with E-state index in [2.05, 4.69) is 0 Å². The highest BCUT2D eigenvalue weighted by Gasteiger charge is 2.39. The van der Waals surface area contributed by atoms with Crippen molar-refractivity contribution in [2.45, 2.75) is 6.18 Å². The summed E-state index contributed by atoms with van der Waals surface area (Å²) in [5.41, 5.74) is 0.292. The molecule has 0 bridgehead atoms. The van der Waals surface area contributed by atoms with Crippen molar-refractivity contribution in [1.29, 1.82) is 0 Å². The second-order valence-electron chi connectivity index (χ2n) is 3.98. The lowest BCUT2D eigenvalue weighted by Crippen LogP contribution is -2.36. The Morgan fingerprint density at radius 1 is 1.22 bits per heavy atom. The number of nitrogens with zero attached hydrogens (tertiary/aromatic N) is 1. The number of ether oxygens (including phenoxy) is 1. The number of Topliss-reactive ketones (excluding diaryl/α,β-unsaturated/α-hetero) is 1. The van der Waals surface area contributed by atoms with Crippen molar-refractivity contribution in [2.75, 3.05) is 31.2 Å². The fourth-order valence-electron chi connectivity index (χ4n) is 1.83. The topological polar surface area (TPSA) is 29.5 Å². The van der Waals surface area contributed by atoms with E-state index < -0.39 is 12.0 Å². The first-order chi connectivity index (χ1) is 8.48. The Bertz CT molecular complexity index is 439. The van der Waals surface area contributed by atoms with Gasteiger partial charge in [0.2, 0.25) is 0 Å². The first kappa shape index (κ1) is 12.9. The van der Waals surface area contributed by atoms with Gasteiger partial charge in [-0.05, 0) is 12.1 Å². The zero-order valence-electron chi connectivity index (χ0n) is 9.54. The summed E-state index contributed by atoms with van der Waals surface area (Å²) in [6.07, 6.45) is -4.83. The molecular formula is C12H12F3NO2. The van der Waals surface area contributed by atoms with Gasteiger partial charge in [-0.25, -0.2) is 0 Å². The van der Waals surface area contributed by atoms with Crippen LogP contribution in [-0.2, 0) is 4.74 Å². The van der Waals surface area contributed by atoms with E-state index in [1.54, 1.807) is 6.07 Å². The fourth-order valence-corrected chi connectivity index (χ4v) is 1.83. The number of hydrogen-bond acceptors (Lipinski definition) is 3. The maximum atomic E-state index is 12.3. The molecule has 0 saturated carbocycles. The summed E-state index contributed by atoms with van der Waals surface area (Å²) in [4.78, 5) is 13.0. The van der Waals surface area contributed by atoms with Gasteiger partial charge >= 0.3 is 6.18 Å². The van der Waals surface area contributed by atoms with Gasteiger partial charge in [0.25, 0.3) is 5.78 Å². The standard InChI is InChI=1S/C12H12F3NO2/c13-12(14,15)11(17)9-2-1-3-10(8-9)16-4-6-18-7-5-16/h1-3,8H,4-7H2. The predicted octanol–water partition coefficient (Wildman–Crippen LogP) is 2.27. The molecule has 1 saturated heterocycles. The number of hydrogen-bond donors (Lipinski definition) is 0. The summed E-state index contributed by atoms with van der Waals surface area (Å²) in [7, 11) is 0. The monoisotopic (exact) mass is 259 g/mol. The number of anilines is 1. The van der Waals surface area contributed by atoms with E-state index in [4.69, 9.17) is 4.74 Å². The van der Waals surface area contributed by atoms with Gasteiger partial charge < -0.3 is 9.64 Å². The second kappa shape index (κ2) is 4.97. The van der Waals surface area contributed by atoms with Gasteiger partial charge in [0.15, 0.2) is 0 Å². The number of rotatable bonds is 2. The predicted molar refractivity (Wildman–Crippen MR) is 59.9 cm³/mol. The summed E-state index contributed by atoms with van der Waals surface area (Å²) in [6.45, 7) is 2.31. The molecule has 0 amide bonds. The smallest absolute Gasteiger partial charge is 0.378 e. The average molecular weight is 259 g/mol. The molecule has 2 rings (SSSR count). The molecule has 1 aliphatic rings. The third kappa shape index (κ3) is 2.81. The van der Waals surface area contributed by atoms with Crippen LogP contribution in [0.15, 0.2) is 24.3 Å². The molecule has 1 heterocycles. The highest BCUT2D eigenvalue weighted by Crippen LogP contribution is 2.24. The van der Waals surface area contributed by atoms with Crippen LogP contribution in [0.3, 0.4) is 0 Å². The first-order valence-corrected chi connectivity index (χ1v) is 5.53. The minimum Gasteiger partial charge on any atom is -0.378 e. The van der Waals surface area contributed by atoms with Gasteiger partial charge in [-0.15, -0.1) is 0 Å². The van der Waals surface area contributed by atoms with E-state index in [0.717, 1.165) is 0 Å². The summed E-state index contributed by atoms with van der Waals surface area (Å²) in [5, 5.41) is 0. The van der Waals surface area contributed by atoms with Crippen LogP contribution in [0.5, 0.6) is 0 Å². The third-order valence-corrected chi connectivity index (χ3v) is 2.74. The number of carbonyl (C=O) groups excluding carboxylic acids is 1. The Hall–Kier alpha value is -1.56. The molecule has 1 aliphatic heterocycles. The molecule has 0 radical (unpaired) electrons. The van der Waals surface area contributed by atoms with Crippen molar-refractivity contribution >= 4 is 11.5 Å². The minimum atomic E-state index is -4.83. The lowest BCUT2D eigenvalue weighted by atomic mass is 10.1. The molecule has 0 spiro atoms. The van der Waals surface area contributed by atoms with Gasteiger partial charge in [-0.1, -0.05) is 12.1 Å². The van der Waals surface area contributed by atoms with Crippen molar-refractivity contribution in [3.8, 4) is 0 Å². The molecular weight excluding hydrogens is 247 g/mol. The molecule has 0 unspecified atom stereocenters. The molecule has 0 aliphatic carbocycles. The molecule has 0 N–H and O–H groups in total. The zero-order chi connectivity index (χ0) is 13.2. The van der Waals surface area contributed by atoms with Crippen LogP contribution < -0.4 is 4.90 Å². The third-order valence-electron chi connectivity index (χ3n) is 2.74. The van der Waals surface area contributed by atoms with Crippen LogP contribution in [0.2, 0.25) is 0 Å².